The lowest BCUT2D eigenvalue weighted by Crippen LogP contribution is -2.12. The molecule has 0 saturated heterocycles. The Balaban J connectivity index is 2.75. The minimum atomic E-state index is 0.0683. The molecule has 2 heteroatoms. The van der Waals surface area contributed by atoms with Crippen molar-refractivity contribution in [3.05, 3.63) is 42.0 Å². The summed E-state index contributed by atoms with van der Waals surface area (Å²) < 4.78 is 0. The molecule has 1 aromatic rings. The average Bonchev–Trinajstić information content (AvgIpc) is 2.17. The Morgan fingerprint density at radius 2 is 1.87 bits per heavy atom. The molecule has 1 unspecified atom stereocenters. The SMILES string of the molecule is C=C(C)CC(N)c1ccc(N(C)C)cc1. The van der Waals surface area contributed by atoms with Gasteiger partial charge in [-0.25, -0.2) is 0 Å². The van der Waals surface area contributed by atoms with Crippen molar-refractivity contribution in [1.29, 1.82) is 0 Å². The lowest BCUT2D eigenvalue weighted by Gasteiger charge is -2.15. The molecule has 0 saturated carbocycles. The van der Waals surface area contributed by atoms with Crippen LogP contribution in [0.5, 0.6) is 0 Å². The zero-order valence-electron chi connectivity index (χ0n) is 9.83. The van der Waals surface area contributed by atoms with E-state index in [-0.39, 0.29) is 6.04 Å². The Hall–Kier alpha value is -1.28. The maximum Gasteiger partial charge on any atom is 0.0361 e. The van der Waals surface area contributed by atoms with E-state index in [2.05, 4.69) is 35.7 Å². The number of rotatable bonds is 4. The zero-order valence-corrected chi connectivity index (χ0v) is 9.83. The van der Waals surface area contributed by atoms with Crippen molar-refractivity contribution in [2.75, 3.05) is 19.0 Å². The maximum atomic E-state index is 6.05. The van der Waals surface area contributed by atoms with Gasteiger partial charge in [-0.05, 0) is 31.0 Å². The van der Waals surface area contributed by atoms with Crippen LogP contribution in [-0.4, -0.2) is 14.1 Å². The van der Waals surface area contributed by atoms with Crippen LogP contribution in [0.4, 0.5) is 5.69 Å². The van der Waals surface area contributed by atoms with Gasteiger partial charge in [0.1, 0.15) is 0 Å². The minimum Gasteiger partial charge on any atom is -0.378 e. The molecule has 2 nitrogen and oxygen atoms in total. The summed E-state index contributed by atoms with van der Waals surface area (Å²) in [6.45, 7) is 5.89. The Morgan fingerprint density at radius 1 is 1.33 bits per heavy atom. The number of nitrogens with zero attached hydrogens (tertiary/aromatic N) is 1. The Bertz CT molecular complexity index is 325. The predicted molar refractivity (Wildman–Crippen MR) is 67.1 cm³/mol. The monoisotopic (exact) mass is 204 g/mol. The molecule has 15 heavy (non-hydrogen) atoms. The van der Waals surface area contributed by atoms with Crippen molar-refractivity contribution < 1.29 is 0 Å². The second-order valence-corrected chi connectivity index (χ2v) is 4.25. The zero-order chi connectivity index (χ0) is 11.4. The lowest BCUT2D eigenvalue weighted by atomic mass is 10.0. The number of benzene rings is 1. The van der Waals surface area contributed by atoms with Crippen LogP contribution in [0.1, 0.15) is 24.9 Å². The molecule has 82 valence electrons. The average molecular weight is 204 g/mol. The lowest BCUT2D eigenvalue weighted by molar-refractivity contribution is 0.717. The molecule has 0 aliphatic carbocycles. The van der Waals surface area contributed by atoms with Crippen molar-refractivity contribution in [3.8, 4) is 0 Å². The van der Waals surface area contributed by atoms with Crippen LogP contribution >= 0.6 is 0 Å². The van der Waals surface area contributed by atoms with Gasteiger partial charge in [0.2, 0.25) is 0 Å². The summed E-state index contributed by atoms with van der Waals surface area (Å²) in [5.74, 6) is 0. The summed E-state index contributed by atoms with van der Waals surface area (Å²) in [6, 6.07) is 8.42. The molecule has 0 bridgehead atoms. The van der Waals surface area contributed by atoms with E-state index in [4.69, 9.17) is 5.73 Å². The van der Waals surface area contributed by atoms with E-state index < -0.39 is 0 Å². The smallest absolute Gasteiger partial charge is 0.0361 e. The molecule has 0 fully saturated rings. The molecule has 0 radical (unpaired) electrons. The molecule has 0 aliphatic heterocycles. The first-order chi connectivity index (χ1) is 7.00. The van der Waals surface area contributed by atoms with Crippen LogP contribution in [-0.2, 0) is 0 Å². The van der Waals surface area contributed by atoms with E-state index in [0.717, 1.165) is 12.0 Å². The van der Waals surface area contributed by atoms with E-state index in [1.54, 1.807) is 0 Å². The van der Waals surface area contributed by atoms with Crippen molar-refractivity contribution in [1.82, 2.24) is 0 Å². The van der Waals surface area contributed by atoms with E-state index in [1.165, 1.54) is 11.3 Å². The summed E-state index contributed by atoms with van der Waals surface area (Å²) in [4.78, 5) is 2.08. The highest BCUT2D eigenvalue weighted by atomic mass is 15.1. The fourth-order valence-corrected chi connectivity index (χ4v) is 1.51. The third kappa shape index (κ3) is 3.40. The largest absolute Gasteiger partial charge is 0.378 e. The summed E-state index contributed by atoms with van der Waals surface area (Å²) in [6.07, 6.45) is 0.849. The first-order valence-corrected chi connectivity index (χ1v) is 5.18. The highest BCUT2D eigenvalue weighted by molar-refractivity contribution is 5.46. The summed E-state index contributed by atoms with van der Waals surface area (Å²) in [5.41, 5.74) is 9.54. The van der Waals surface area contributed by atoms with Crippen LogP contribution in [0.2, 0.25) is 0 Å². The van der Waals surface area contributed by atoms with Gasteiger partial charge in [-0.15, -0.1) is 6.58 Å². The van der Waals surface area contributed by atoms with E-state index in [1.807, 2.05) is 21.0 Å². The van der Waals surface area contributed by atoms with Gasteiger partial charge in [0, 0.05) is 25.8 Å². The van der Waals surface area contributed by atoms with Gasteiger partial charge in [0.25, 0.3) is 0 Å². The Labute approximate surface area is 92.4 Å². The summed E-state index contributed by atoms with van der Waals surface area (Å²) in [7, 11) is 4.06. The Morgan fingerprint density at radius 3 is 2.27 bits per heavy atom. The first kappa shape index (κ1) is 11.8. The molecule has 0 amide bonds. The molecule has 1 atom stereocenters. The van der Waals surface area contributed by atoms with Gasteiger partial charge in [0.05, 0.1) is 0 Å². The summed E-state index contributed by atoms with van der Waals surface area (Å²) in [5, 5.41) is 0. The van der Waals surface area contributed by atoms with Gasteiger partial charge < -0.3 is 10.6 Å². The second kappa shape index (κ2) is 4.99. The van der Waals surface area contributed by atoms with Crippen LogP contribution in [0.15, 0.2) is 36.4 Å². The molecule has 0 aliphatic rings. The minimum absolute atomic E-state index is 0.0683. The van der Waals surface area contributed by atoms with Crippen molar-refractivity contribution >= 4 is 5.69 Å². The fourth-order valence-electron chi connectivity index (χ4n) is 1.51. The molecule has 1 rings (SSSR count). The maximum absolute atomic E-state index is 6.05. The second-order valence-electron chi connectivity index (χ2n) is 4.25. The molecule has 0 heterocycles. The number of anilines is 1. The van der Waals surface area contributed by atoms with Crippen molar-refractivity contribution in [2.24, 2.45) is 5.73 Å². The van der Waals surface area contributed by atoms with Crippen LogP contribution < -0.4 is 10.6 Å². The molecule has 2 N–H and O–H groups in total. The highest BCUT2D eigenvalue weighted by Crippen LogP contribution is 2.20. The first-order valence-electron chi connectivity index (χ1n) is 5.18. The van der Waals surface area contributed by atoms with Crippen molar-refractivity contribution in [2.45, 2.75) is 19.4 Å². The topological polar surface area (TPSA) is 29.3 Å². The molecule has 0 aromatic heterocycles. The van der Waals surface area contributed by atoms with Crippen LogP contribution in [0, 0.1) is 0 Å². The van der Waals surface area contributed by atoms with Gasteiger partial charge in [0.15, 0.2) is 0 Å². The van der Waals surface area contributed by atoms with Gasteiger partial charge >= 0.3 is 0 Å². The van der Waals surface area contributed by atoms with E-state index in [0.29, 0.717) is 0 Å². The summed E-state index contributed by atoms with van der Waals surface area (Å²) >= 11 is 0. The normalized spacial score (nSPS) is 12.3. The van der Waals surface area contributed by atoms with Crippen LogP contribution in [0.3, 0.4) is 0 Å². The Kier molecular flexibility index (Phi) is 3.92. The fraction of sp³-hybridized carbons (Fsp3) is 0.385. The third-order valence-electron chi connectivity index (χ3n) is 2.41. The molecule has 0 spiro atoms. The highest BCUT2D eigenvalue weighted by Gasteiger charge is 2.05. The predicted octanol–water partition coefficient (Wildman–Crippen LogP) is 2.72. The molecular formula is C13H20N2. The standard InChI is InChI=1S/C13H20N2/c1-10(2)9-13(14)11-5-7-12(8-6-11)15(3)4/h5-8,13H,1,9,14H2,2-4H3. The number of hydrogen-bond donors (Lipinski definition) is 1. The van der Waals surface area contributed by atoms with Gasteiger partial charge in [-0.3, -0.25) is 0 Å². The van der Waals surface area contributed by atoms with E-state index in [9.17, 15) is 0 Å². The van der Waals surface area contributed by atoms with Crippen molar-refractivity contribution in [3.63, 3.8) is 0 Å². The van der Waals surface area contributed by atoms with Crippen LogP contribution in [0.25, 0.3) is 0 Å². The number of nitrogens with two attached hydrogens (primary N) is 1. The third-order valence-corrected chi connectivity index (χ3v) is 2.41. The van der Waals surface area contributed by atoms with E-state index >= 15 is 0 Å². The van der Waals surface area contributed by atoms with Gasteiger partial charge in [-0.1, -0.05) is 17.7 Å². The quantitative estimate of drug-likeness (QED) is 0.764. The van der Waals surface area contributed by atoms with Gasteiger partial charge in [-0.2, -0.15) is 0 Å². The molecule has 1 aromatic carbocycles. The number of hydrogen-bond acceptors (Lipinski definition) is 2. The molecular weight excluding hydrogens is 184 g/mol.